The zero-order valence-corrected chi connectivity index (χ0v) is 9.69. The number of hydrogen-bond donors (Lipinski definition) is 1. The molecule has 0 spiro atoms. The summed E-state index contributed by atoms with van der Waals surface area (Å²) in [6.45, 7) is 0. The Kier molecular flexibility index (Phi) is 2.45. The molecule has 0 unspecified atom stereocenters. The molecule has 1 nitrogen and oxygen atoms in total. The van der Waals surface area contributed by atoms with Crippen LogP contribution < -0.4 is 5.73 Å². The van der Waals surface area contributed by atoms with E-state index in [1.54, 1.807) is 0 Å². The second kappa shape index (κ2) is 4.10. The lowest BCUT2D eigenvalue weighted by molar-refractivity contribution is 0.986. The molecule has 1 aliphatic carbocycles. The fourth-order valence-corrected chi connectivity index (χ4v) is 2.38. The number of nitrogens with two attached hydrogens (primary N) is 1. The molecule has 0 aromatic heterocycles. The van der Waals surface area contributed by atoms with Gasteiger partial charge in [-0.25, -0.2) is 0 Å². The van der Waals surface area contributed by atoms with Crippen LogP contribution in [0.4, 0.5) is 5.69 Å². The molecule has 2 aromatic rings. The van der Waals surface area contributed by atoms with Gasteiger partial charge in [-0.1, -0.05) is 42.5 Å². The number of fused-ring (bicyclic) bond motifs is 1. The van der Waals surface area contributed by atoms with Gasteiger partial charge in [-0.3, -0.25) is 0 Å². The van der Waals surface area contributed by atoms with Crippen molar-refractivity contribution in [1.82, 2.24) is 0 Å². The van der Waals surface area contributed by atoms with Crippen LogP contribution in [0, 0.1) is 0 Å². The van der Waals surface area contributed by atoms with Crippen molar-refractivity contribution in [3.8, 4) is 11.1 Å². The Labute approximate surface area is 102 Å². The van der Waals surface area contributed by atoms with Crippen LogP contribution in [-0.2, 0) is 6.42 Å². The molecule has 1 heteroatoms. The zero-order chi connectivity index (χ0) is 11.7. The first-order chi connectivity index (χ1) is 8.34. The van der Waals surface area contributed by atoms with Gasteiger partial charge in [0.1, 0.15) is 0 Å². The highest BCUT2D eigenvalue weighted by molar-refractivity contribution is 5.78. The average molecular weight is 221 g/mol. The van der Waals surface area contributed by atoms with E-state index in [0.717, 1.165) is 18.5 Å². The number of anilines is 1. The van der Waals surface area contributed by atoms with Crippen molar-refractivity contribution in [2.75, 3.05) is 5.73 Å². The van der Waals surface area contributed by atoms with E-state index < -0.39 is 0 Å². The molecule has 0 saturated heterocycles. The Morgan fingerprint density at radius 1 is 0.941 bits per heavy atom. The lowest BCUT2D eigenvalue weighted by Crippen LogP contribution is -1.96. The summed E-state index contributed by atoms with van der Waals surface area (Å²) in [5.74, 6) is 0. The average Bonchev–Trinajstić information content (AvgIpc) is 2.39. The summed E-state index contributed by atoms with van der Waals surface area (Å²) >= 11 is 0. The van der Waals surface area contributed by atoms with Gasteiger partial charge >= 0.3 is 0 Å². The second-order valence-electron chi connectivity index (χ2n) is 4.44. The van der Waals surface area contributed by atoms with Crippen LogP contribution in [0.25, 0.3) is 17.2 Å². The third-order valence-electron chi connectivity index (χ3n) is 3.28. The van der Waals surface area contributed by atoms with E-state index in [0.29, 0.717) is 0 Å². The highest BCUT2D eigenvalue weighted by Crippen LogP contribution is 2.30. The largest absolute Gasteiger partial charge is 0.399 e. The fraction of sp³-hybridized carbons (Fsp3) is 0.125. The highest BCUT2D eigenvalue weighted by atomic mass is 14.5. The van der Waals surface area contributed by atoms with Crippen LogP contribution in [-0.4, -0.2) is 0 Å². The summed E-state index contributed by atoms with van der Waals surface area (Å²) in [6.07, 6.45) is 6.79. The molecule has 0 aliphatic heterocycles. The van der Waals surface area contributed by atoms with E-state index in [-0.39, 0.29) is 0 Å². The standard InChI is InChI=1S/C16H15N/c17-14-10-8-13(9-11-14)16-7-3-5-12-4-1-2-6-15(12)16/h2-3,5-11H,1,4,17H2. The summed E-state index contributed by atoms with van der Waals surface area (Å²) in [5.41, 5.74) is 11.9. The molecule has 0 fully saturated rings. The number of hydrogen-bond acceptors (Lipinski definition) is 1. The number of aryl methyl sites for hydroxylation is 1. The van der Waals surface area contributed by atoms with Crippen molar-refractivity contribution < 1.29 is 0 Å². The Hall–Kier alpha value is -2.02. The molecule has 0 amide bonds. The smallest absolute Gasteiger partial charge is 0.0314 e. The highest BCUT2D eigenvalue weighted by Gasteiger charge is 2.09. The van der Waals surface area contributed by atoms with Crippen LogP contribution in [0.3, 0.4) is 0 Å². The third-order valence-corrected chi connectivity index (χ3v) is 3.28. The minimum Gasteiger partial charge on any atom is -0.399 e. The molecular formula is C16H15N. The van der Waals surface area contributed by atoms with Crippen LogP contribution in [0.1, 0.15) is 17.5 Å². The lowest BCUT2D eigenvalue weighted by atomic mass is 9.90. The maximum Gasteiger partial charge on any atom is 0.0314 e. The number of rotatable bonds is 1. The number of nitrogen functional groups attached to an aromatic ring is 1. The second-order valence-corrected chi connectivity index (χ2v) is 4.44. The van der Waals surface area contributed by atoms with Crippen LogP contribution in [0.5, 0.6) is 0 Å². The maximum absolute atomic E-state index is 5.73. The first kappa shape index (κ1) is 10.2. The van der Waals surface area contributed by atoms with Gasteiger partial charge in [0.05, 0.1) is 0 Å². The quantitative estimate of drug-likeness (QED) is 0.726. The molecule has 2 aromatic carbocycles. The van der Waals surface area contributed by atoms with Crippen LogP contribution in [0.2, 0.25) is 0 Å². The molecule has 0 atom stereocenters. The predicted molar refractivity (Wildman–Crippen MR) is 73.6 cm³/mol. The van der Waals surface area contributed by atoms with Crippen molar-refractivity contribution in [3.63, 3.8) is 0 Å². The zero-order valence-electron chi connectivity index (χ0n) is 9.69. The Bertz CT molecular complexity index is 565. The Morgan fingerprint density at radius 3 is 2.59 bits per heavy atom. The van der Waals surface area contributed by atoms with E-state index in [4.69, 9.17) is 5.73 Å². The molecule has 17 heavy (non-hydrogen) atoms. The third kappa shape index (κ3) is 1.84. The summed E-state index contributed by atoms with van der Waals surface area (Å²) < 4.78 is 0. The summed E-state index contributed by atoms with van der Waals surface area (Å²) in [5, 5.41) is 0. The van der Waals surface area contributed by atoms with Gasteiger partial charge in [0, 0.05) is 5.69 Å². The van der Waals surface area contributed by atoms with E-state index in [2.05, 4.69) is 42.5 Å². The topological polar surface area (TPSA) is 26.0 Å². The van der Waals surface area contributed by atoms with Crippen LogP contribution in [0.15, 0.2) is 48.5 Å². The minimum atomic E-state index is 0.814. The summed E-state index contributed by atoms with van der Waals surface area (Å²) in [4.78, 5) is 0. The van der Waals surface area contributed by atoms with Gasteiger partial charge in [0.25, 0.3) is 0 Å². The van der Waals surface area contributed by atoms with Gasteiger partial charge in [0.15, 0.2) is 0 Å². The van der Waals surface area contributed by atoms with Crippen molar-refractivity contribution in [3.05, 3.63) is 59.7 Å². The lowest BCUT2D eigenvalue weighted by Gasteiger charge is -2.15. The fourth-order valence-electron chi connectivity index (χ4n) is 2.38. The number of allylic oxidation sites excluding steroid dienone is 1. The van der Waals surface area contributed by atoms with Crippen molar-refractivity contribution in [1.29, 1.82) is 0 Å². The summed E-state index contributed by atoms with van der Waals surface area (Å²) in [7, 11) is 0. The van der Waals surface area contributed by atoms with Gasteiger partial charge in [-0.15, -0.1) is 0 Å². The molecule has 3 rings (SSSR count). The first-order valence-electron chi connectivity index (χ1n) is 5.99. The molecular weight excluding hydrogens is 206 g/mol. The Balaban J connectivity index is 2.16. The van der Waals surface area contributed by atoms with E-state index in [1.165, 1.54) is 22.3 Å². The van der Waals surface area contributed by atoms with E-state index >= 15 is 0 Å². The monoisotopic (exact) mass is 221 g/mol. The molecule has 0 radical (unpaired) electrons. The molecule has 2 N–H and O–H groups in total. The first-order valence-corrected chi connectivity index (χ1v) is 5.99. The van der Waals surface area contributed by atoms with Gasteiger partial charge < -0.3 is 5.73 Å². The van der Waals surface area contributed by atoms with E-state index in [9.17, 15) is 0 Å². The predicted octanol–water partition coefficient (Wildman–Crippen LogP) is 3.90. The molecule has 84 valence electrons. The van der Waals surface area contributed by atoms with Gasteiger partial charge in [0.2, 0.25) is 0 Å². The normalized spacial score (nSPS) is 13.4. The minimum absolute atomic E-state index is 0.814. The SMILES string of the molecule is Nc1ccc(-c2cccc3c2C=CCC3)cc1. The van der Waals surface area contributed by atoms with Crippen LogP contribution >= 0.6 is 0 Å². The van der Waals surface area contributed by atoms with Crippen molar-refractivity contribution in [2.45, 2.75) is 12.8 Å². The molecule has 0 heterocycles. The molecule has 0 saturated carbocycles. The Morgan fingerprint density at radius 2 is 1.76 bits per heavy atom. The van der Waals surface area contributed by atoms with E-state index in [1.807, 2.05) is 12.1 Å². The van der Waals surface area contributed by atoms with Crippen molar-refractivity contribution >= 4 is 11.8 Å². The maximum atomic E-state index is 5.73. The molecule has 1 aliphatic rings. The van der Waals surface area contributed by atoms with Gasteiger partial charge in [-0.2, -0.15) is 0 Å². The molecule has 0 bridgehead atoms. The number of benzene rings is 2. The summed E-state index contributed by atoms with van der Waals surface area (Å²) in [6, 6.07) is 14.6. The van der Waals surface area contributed by atoms with Crippen molar-refractivity contribution in [2.24, 2.45) is 0 Å². The van der Waals surface area contributed by atoms with Gasteiger partial charge in [-0.05, 0) is 47.2 Å².